The number of piperidine rings is 1. The topological polar surface area (TPSA) is 28.4 Å². The molecule has 0 bridgehead atoms. The Hall–Kier alpha value is -0.800. The van der Waals surface area contributed by atoms with Gasteiger partial charge in [0.2, 0.25) is 0 Å². The molecule has 2 aliphatic heterocycles. The summed E-state index contributed by atoms with van der Waals surface area (Å²) >= 11 is 0. The fraction of sp³-hybridized carbons (Fsp3) is 0.733. The Kier molecular flexibility index (Phi) is 3.71. The van der Waals surface area contributed by atoms with Crippen LogP contribution in [0.1, 0.15) is 43.6 Å². The van der Waals surface area contributed by atoms with E-state index in [1.807, 2.05) is 6.92 Å². The van der Waals surface area contributed by atoms with Gasteiger partial charge in [-0.2, -0.15) is 0 Å². The third-order valence-electron chi connectivity index (χ3n) is 4.38. The average Bonchev–Trinajstić information content (AvgIpc) is 3.02. The summed E-state index contributed by atoms with van der Waals surface area (Å²) in [6.07, 6.45) is 6.75. The largest absolute Gasteiger partial charge is 0.465 e. The number of nitrogens with zero attached hydrogens (tertiary/aromatic N) is 1. The van der Waals surface area contributed by atoms with E-state index in [4.69, 9.17) is 4.42 Å². The lowest BCUT2D eigenvalue weighted by molar-refractivity contribution is 0.104. The number of aryl methyl sites for hydroxylation is 1. The predicted octanol–water partition coefficient (Wildman–Crippen LogP) is 2.69. The summed E-state index contributed by atoms with van der Waals surface area (Å²) in [7, 11) is 0. The van der Waals surface area contributed by atoms with E-state index >= 15 is 0 Å². The summed E-state index contributed by atoms with van der Waals surface area (Å²) in [6, 6.07) is 5.62. The lowest BCUT2D eigenvalue weighted by Crippen LogP contribution is -2.49. The first-order valence-corrected chi connectivity index (χ1v) is 7.36. The maximum Gasteiger partial charge on any atom is 0.118 e. The van der Waals surface area contributed by atoms with Crippen molar-refractivity contribution in [2.24, 2.45) is 0 Å². The first kappa shape index (κ1) is 12.2. The molecule has 3 rings (SSSR count). The van der Waals surface area contributed by atoms with Crippen LogP contribution in [-0.2, 0) is 6.54 Å². The second-order valence-corrected chi connectivity index (χ2v) is 5.75. The molecular formula is C15H24N2O. The van der Waals surface area contributed by atoms with Crippen molar-refractivity contribution in [3.63, 3.8) is 0 Å². The Labute approximate surface area is 110 Å². The quantitative estimate of drug-likeness (QED) is 0.891. The number of furan rings is 1. The molecule has 3 heterocycles. The van der Waals surface area contributed by atoms with Gasteiger partial charge in [-0.3, -0.25) is 4.90 Å². The van der Waals surface area contributed by atoms with Crippen molar-refractivity contribution in [1.82, 2.24) is 10.2 Å². The van der Waals surface area contributed by atoms with Crippen molar-refractivity contribution in [2.75, 3.05) is 13.1 Å². The van der Waals surface area contributed by atoms with Crippen molar-refractivity contribution in [2.45, 2.75) is 57.7 Å². The van der Waals surface area contributed by atoms with Crippen LogP contribution in [0.2, 0.25) is 0 Å². The van der Waals surface area contributed by atoms with Gasteiger partial charge in [0, 0.05) is 12.1 Å². The summed E-state index contributed by atoms with van der Waals surface area (Å²) in [5.74, 6) is 2.15. The molecule has 0 radical (unpaired) electrons. The van der Waals surface area contributed by atoms with Gasteiger partial charge in [-0.05, 0) is 57.8 Å². The summed E-state index contributed by atoms with van der Waals surface area (Å²) < 4.78 is 5.74. The maximum absolute atomic E-state index is 5.74. The second-order valence-electron chi connectivity index (χ2n) is 5.75. The SMILES string of the molecule is Cc1ccc(CN2CCCCC2C2CCCN2)o1. The van der Waals surface area contributed by atoms with E-state index in [2.05, 4.69) is 22.3 Å². The Bertz CT molecular complexity index is 382. The van der Waals surface area contributed by atoms with E-state index in [-0.39, 0.29) is 0 Å². The van der Waals surface area contributed by atoms with Crippen LogP contribution in [0.5, 0.6) is 0 Å². The normalized spacial score (nSPS) is 29.8. The minimum Gasteiger partial charge on any atom is -0.465 e. The molecule has 0 saturated carbocycles. The highest BCUT2D eigenvalue weighted by molar-refractivity contribution is 5.06. The molecule has 1 aromatic rings. The Balaban J connectivity index is 1.67. The zero-order chi connectivity index (χ0) is 12.4. The van der Waals surface area contributed by atoms with Gasteiger partial charge in [0.25, 0.3) is 0 Å². The van der Waals surface area contributed by atoms with Crippen LogP contribution in [0.15, 0.2) is 16.5 Å². The standard InChI is InChI=1S/C15H24N2O/c1-12-7-8-13(18-12)11-17-10-3-2-6-15(17)14-5-4-9-16-14/h7-8,14-16H,2-6,9-11H2,1H3. The van der Waals surface area contributed by atoms with Crippen molar-refractivity contribution < 1.29 is 4.42 Å². The molecule has 2 aliphatic rings. The number of nitrogens with one attached hydrogen (secondary N) is 1. The summed E-state index contributed by atoms with van der Waals surface area (Å²) in [6.45, 7) is 5.43. The fourth-order valence-electron chi connectivity index (χ4n) is 3.48. The van der Waals surface area contributed by atoms with Gasteiger partial charge >= 0.3 is 0 Å². The van der Waals surface area contributed by atoms with Gasteiger partial charge in [-0.1, -0.05) is 6.42 Å². The molecule has 3 nitrogen and oxygen atoms in total. The number of hydrogen-bond acceptors (Lipinski definition) is 3. The molecular weight excluding hydrogens is 224 g/mol. The predicted molar refractivity (Wildman–Crippen MR) is 72.5 cm³/mol. The minimum atomic E-state index is 0.710. The molecule has 2 saturated heterocycles. The molecule has 18 heavy (non-hydrogen) atoms. The molecule has 2 fully saturated rings. The van der Waals surface area contributed by atoms with Gasteiger partial charge in [-0.15, -0.1) is 0 Å². The van der Waals surface area contributed by atoms with Gasteiger partial charge in [0.1, 0.15) is 11.5 Å². The molecule has 1 aromatic heterocycles. The van der Waals surface area contributed by atoms with Crippen molar-refractivity contribution >= 4 is 0 Å². The first-order chi connectivity index (χ1) is 8.83. The molecule has 0 aliphatic carbocycles. The number of hydrogen-bond donors (Lipinski definition) is 1. The second kappa shape index (κ2) is 5.45. The molecule has 2 unspecified atom stereocenters. The van der Waals surface area contributed by atoms with Gasteiger partial charge < -0.3 is 9.73 Å². The van der Waals surface area contributed by atoms with Crippen LogP contribution in [0, 0.1) is 6.92 Å². The molecule has 0 amide bonds. The number of rotatable bonds is 3. The highest BCUT2D eigenvalue weighted by Gasteiger charge is 2.31. The third kappa shape index (κ3) is 2.62. The third-order valence-corrected chi connectivity index (χ3v) is 4.38. The molecule has 2 atom stereocenters. The van der Waals surface area contributed by atoms with Gasteiger partial charge in [-0.25, -0.2) is 0 Å². The van der Waals surface area contributed by atoms with Crippen LogP contribution in [-0.4, -0.2) is 30.1 Å². The molecule has 0 aromatic carbocycles. The molecule has 0 spiro atoms. The molecule has 1 N–H and O–H groups in total. The first-order valence-electron chi connectivity index (χ1n) is 7.36. The van der Waals surface area contributed by atoms with E-state index in [1.165, 1.54) is 45.2 Å². The summed E-state index contributed by atoms with van der Waals surface area (Å²) in [5.41, 5.74) is 0. The van der Waals surface area contributed by atoms with E-state index in [9.17, 15) is 0 Å². The zero-order valence-corrected chi connectivity index (χ0v) is 11.3. The van der Waals surface area contributed by atoms with Crippen LogP contribution in [0.25, 0.3) is 0 Å². The highest BCUT2D eigenvalue weighted by Crippen LogP contribution is 2.26. The lowest BCUT2D eigenvalue weighted by atomic mass is 9.94. The van der Waals surface area contributed by atoms with Gasteiger partial charge in [0.15, 0.2) is 0 Å². The van der Waals surface area contributed by atoms with Crippen LogP contribution in [0.3, 0.4) is 0 Å². The maximum atomic E-state index is 5.74. The van der Waals surface area contributed by atoms with E-state index in [0.29, 0.717) is 12.1 Å². The van der Waals surface area contributed by atoms with Crippen LogP contribution < -0.4 is 5.32 Å². The van der Waals surface area contributed by atoms with Crippen LogP contribution >= 0.6 is 0 Å². The van der Waals surface area contributed by atoms with E-state index < -0.39 is 0 Å². The highest BCUT2D eigenvalue weighted by atomic mass is 16.3. The fourth-order valence-corrected chi connectivity index (χ4v) is 3.48. The average molecular weight is 248 g/mol. The zero-order valence-electron chi connectivity index (χ0n) is 11.3. The Morgan fingerprint density at radius 1 is 1.28 bits per heavy atom. The Morgan fingerprint density at radius 2 is 2.22 bits per heavy atom. The van der Waals surface area contributed by atoms with Crippen molar-refractivity contribution in [3.8, 4) is 0 Å². The smallest absolute Gasteiger partial charge is 0.118 e. The number of likely N-dealkylation sites (tertiary alicyclic amines) is 1. The molecule has 100 valence electrons. The van der Waals surface area contributed by atoms with Gasteiger partial charge in [0.05, 0.1) is 6.54 Å². The minimum absolute atomic E-state index is 0.710. The van der Waals surface area contributed by atoms with Crippen molar-refractivity contribution in [1.29, 1.82) is 0 Å². The monoisotopic (exact) mass is 248 g/mol. The summed E-state index contributed by atoms with van der Waals surface area (Å²) in [5, 5.41) is 3.67. The van der Waals surface area contributed by atoms with E-state index in [1.54, 1.807) is 0 Å². The molecule has 3 heteroatoms. The Morgan fingerprint density at radius 3 is 2.94 bits per heavy atom. The summed E-state index contributed by atoms with van der Waals surface area (Å²) in [4.78, 5) is 2.63. The lowest BCUT2D eigenvalue weighted by Gasteiger charge is -2.38. The van der Waals surface area contributed by atoms with Crippen molar-refractivity contribution in [3.05, 3.63) is 23.7 Å². The van der Waals surface area contributed by atoms with E-state index in [0.717, 1.165) is 18.1 Å². The van der Waals surface area contributed by atoms with Crippen LogP contribution in [0.4, 0.5) is 0 Å².